The second-order valence-corrected chi connectivity index (χ2v) is 22.9. The Morgan fingerprint density at radius 3 is 1.65 bits per heavy atom. The smallest absolute Gasteiger partial charge is 1.00 e. The molecule has 68 heavy (non-hydrogen) atoms. The van der Waals surface area contributed by atoms with Crippen molar-refractivity contribution in [3.63, 3.8) is 0 Å². The Labute approximate surface area is 503 Å². The molecule has 0 aliphatic heterocycles. The van der Waals surface area contributed by atoms with Gasteiger partial charge in [-0.3, -0.25) is 4.18 Å². The van der Waals surface area contributed by atoms with E-state index in [1.807, 2.05) is 18.6 Å². The van der Waals surface area contributed by atoms with Crippen LogP contribution >= 0.6 is 47.0 Å². The second kappa shape index (κ2) is 28.9. The van der Waals surface area contributed by atoms with Gasteiger partial charge in [0.1, 0.15) is 47.4 Å². The van der Waals surface area contributed by atoms with Gasteiger partial charge in [0.05, 0.1) is 49.0 Å². The fraction of sp³-hybridized carbons (Fsp3) is 0.0690. The molecule has 1 heterocycles. The van der Waals surface area contributed by atoms with Gasteiger partial charge in [-0.2, -0.15) is 20.1 Å². The van der Waals surface area contributed by atoms with Crippen molar-refractivity contribution in [3.8, 4) is 0 Å². The Morgan fingerprint density at radius 2 is 1.15 bits per heavy atom. The first kappa shape index (κ1) is 65.7. The molecule has 342 valence electrons. The first-order valence-electron chi connectivity index (χ1n) is 16.5. The van der Waals surface area contributed by atoms with E-state index in [0.29, 0.717) is 6.07 Å². The van der Waals surface area contributed by atoms with Crippen LogP contribution in [0.3, 0.4) is 0 Å². The van der Waals surface area contributed by atoms with Crippen molar-refractivity contribution >= 4 is 161 Å². The summed E-state index contributed by atoms with van der Waals surface area (Å²) >= 11 is 6.43. The fourth-order valence-corrected chi connectivity index (χ4v) is 7.99. The van der Waals surface area contributed by atoms with E-state index in [1.54, 1.807) is 0 Å². The van der Waals surface area contributed by atoms with E-state index in [1.165, 1.54) is 12.1 Å². The van der Waals surface area contributed by atoms with Gasteiger partial charge in [-0.05, 0) is 84.4 Å². The molecule has 5 rings (SSSR count). The minimum atomic E-state index is -5.40. The summed E-state index contributed by atoms with van der Waals surface area (Å²) in [5.41, 5.74) is 13.7. The Morgan fingerprint density at radius 1 is 0.662 bits per heavy atom. The minimum Gasteiger partial charge on any atom is 1.00 e. The Hall–Kier alpha value is -0.345. The molecule has 0 saturated heterocycles. The van der Waals surface area contributed by atoms with Gasteiger partial charge in [0.15, 0.2) is 9.84 Å². The van der Waals surface area contributed by atoms with Gasteiger partial charge in [0.2, 0.25) is 27.6 Å². The third-order valence-corrected chi connectivity index (χ3v) is 12.3. The minimum absolute atomic E-state index is 0. The van der Waals surface area contributed by atoms with Gasteiger partial charge in [-0.25, -0.2) is 42.1 Å². The van der Waals surface area contributed by atoms with E-state index in [0.717, 1.165) is 54.6 Å². The number of rotatable bonds is 16. The molecule has 6 N–H and O–H groups in total. The molecular formula is C29H23BClI2N11Na4O15S5. The van der Waals surface area contributed by atoms with E-state index < -0.39 is 123 Å². The zero-order valence-corrected chi connectivity index (χ0v) is 52.2. The van der Waals surface area contributed by atoms with Crippen LogP contribution in [-0.2, 0) is 54.8 Å². The first-order valence-corrected chi connectivity index (χ1v) is 31.2. The Kier molecular flexibility index (Phi) is 27.9. The first-order chi connectivity index (χ1) is 29.9. The number of azo groups is 2. The van der Waals surface area contributed by atoms with Gasteiger partial charge in [0, 0.05) is 11.4 Å². The van der Waals surface area contributed by atoms with Crippen molar-refractivity contribution in [2.45, 2.75) is 19.6 Å². The maximum Gasteiger partial charge on any atom is 1.00 e. The number of halogens is 3. The predicted molar refractivity (Wildman–Crippen MR) is 241 cm³/mol. The van der Waals surface area contributed by atoms with E-state index in [4.69, 9.17) is 29.4 Å². The molecule has 0 bridgehead atoms. The Bertz CT molecular complexity index is 3260. The number of nitrogens with one attached hydrogen (secondary N) is 2. The molecule has 26 nitrogen and oxygen atoms in total. The SMILES string of the molecule is Nc1c(N=Nc2cc(Nc3nc(Cl)nc(Nc4ccc(S(=O)(=O)[O-])cc4)n3)ccc2S(=O)(=O)[O-])cc(S(=O)(=O)[O-])c(N)c1N=Nc1ccc(S(=O)(=O)CCOS(=O)(=O)[O-])cc1.[2H]I([B])I.[Na+].[Na+].[Na+].[Na+]. The van der Waals surface area contributed by atoms with Crippen LogP contribution in [0.5, 0.6) is 0 Å². The molecule has 0 atom stereocenters. The summed E-state index contributed by atoms with van der Waals surface area (Å²) in [5.74, 6) is -1.35. The number of benzene rings is 4. The van der Waals surface area contributed by atoms with E-state index in [-0.39, 0.29) is 157 Å². The summed E-state index contributed by atoms with van der Waals surface area (Å²) in [6.07, 6.45) is 0. The molecule has 1 aromatic heterocycles. The van der Waals surface area contributed by atoms with Crippen molar-refractivity contribution in [2.75, 3.05) is 34.5 Å². The number of anilines is 6. The van der Waals surface area contributed by atoms with Crippen LogP contribution < -0.4 is 140 Å². The summed E-state index contributed by atoms with van der Waals surface area (Å²) in [6, 6.07) is 12.2. The van der Waals surface area contributed by atoms with Crippen LogP contribution in [0, 0.1) is 0 Å². The number of nitrogens with zero attached hydrogens (tertiary/aromatic N) is 7. The van der Waals surface area contributed by atoms with Gasteiger partial charge in [-0.1, -0.05) is 0 Å². The summed E-state index contributed by atoms with van der Waals surface area (Å²) in [7, 11) is -24.7. The average molecular weight is 1320 g/mol. The van der Waals surface area contributed by atoms with E-state index >= 15 is 0 Å². The zero-order valence-electron chi connectivity index (χ0n) is 36.0. The third kappa shape index (κ3) is 20.9. The van der Waals surface area contributed by atoms with Crippen LogP contribution in [0.25, 0.3) is 0 Å². The number of nitrogen functional groups attached to an aromatic ring is 2. The summed E-state index contributed by atoms with van der Waals surface area (Å²) in [6.45, 7) is -0.957. The van der Waals surface area contributed by atoms with Gasteiger partial charge >= 0.3 is 160 Å². The molecular weight excluding hydrogens is 1290 g/mol. The fourth-order valence-electron chi connectivity index (χ4n) is 4.67. The standard InChI is InChI=1S/C29H26ClN11O15S5.BHI2.4Na/c30-27-35-28(33-15-1-8-19(9-2-15)58(44,45)46)37-29(36-27)34-17-5-10-22(59(47,48)49)20(13-17)39-40-21-14-23(60(50,51)52)25(32)26(24(21)31)41-38-16-3-6-18(7-4-16)57(42,43)12-11-56-61(53,54)55;1-3-2;;;;/h1-10,13-14H,11-12,31-32H2,(H,44,45,46)(H,47,48,49)(H,50,51,52)(H,53,54,55)(H2,33,34,35,36,37);3H;;;;/q;;4*+1/p-4/i;3D;;;;. The van der Waals surface area contributed by atoms with Crippen molar-refractivity contribution in [3.05, 3.63) is 78.1 Å². The molecule has 5 aromatic rings. The van der Waals surface area contributed by atoms with Crippen molar-refractivity contribution in [1.29, 1.82) is 0.594 Å². The molecule has 0 unspecified atom stereocenters. The summed E-state index contributed by atoms with van der Waals surface area (Å²) in [5, 5.41) is 20.1. The van der Waals surface area contributed by atoms with Crippen LogP contribution in [0.4, 0.5) is 57.4 Å². The van der Waals surface area contributed by atoms with E-state index in [2.05, 4.69) is 50.2 Å². The quantitative estimate of drug-likeness (QED) is 0.0178. The maximum absolute atomic E-state index is 12.5. The molecule has 39 heteroatoms. The van der Waals surface area contributed by atoms with Crippen LogP contribution in [0.2, 0.25) is 5.28 Å². The van der Waals surface area contributed by atoms with Crippen LogP contribution in [-0.4, -0.2) is 93.9 Å². The monoisotopic (exact) mass is 1320 g/mol. The molecule has 0 saturated carbocycles. The molecule has 0 spiro atoms. The van der Waals surface area contributed by atoms with Crippen LogP contribution in [0.15, 0.2) is 113 Å². The normalized spacial score (nSPS) is 12.2. The molecule has 4 aromatic carbocycles. The number of sulfone groups is 1. The van der Waals surface area contributed by atoms with Crippen molar-refractivity contribution < 1.29 is 183 Å². The topological polar surface area (TPSA) is 436 Å². The largest absolute Gasteiger partial charge is 1.00 e. The summed E-state index contributed by atoms with van der Waals surface area (Å²) < 4.78 is 174. The number of hydrogen-bond donors (Lipinski definition) is 4. The predicted octanol–water partition coefficient (Wildman–Crippen LogP) is -7.89. The van der Waals surface area contributed by atoms with Gasteiger partial charge < -0.3 is 40.3 Å². The average Bonchev–Trinajstić information content (AvgIpc) is 3.15. The number of nitrogens with two attached hydrogens (primary N) is 2. The molecule has 0 aliphatic rings. The molecule has 0 fully saturated rings. The molecule has 2 radical (unpaired) electrons. The van der Waals surface area contributed by atoms with Crippen LogP contribution in [0.1, 0.15) is 0 Å². The van der Waals surface area contributed by atoms with E-state index in [9.17, 15) is 60.3 Å². The van der Waals surface area contributed by atoms with Gasteiger partial charge in [-0.15, -0.1) is 15.3 Å². The number of aromatic nitrogens is 3. The summed E-state index contributed by atoms with van der Waals surface area (Å²) in [4.78, 5) is 8.94. The van der Waals surface area contributed by atoms with Gasteiger partial charge in [0.25, 0.3) is 0 Å². The maximum atomic E-state index is 12.5. The van der Waals surface area contributed by atoms with Crippen molar-refractivity contribution in [2.24, 2.45) is 20.5 Å². The third-order valence-electron chi connectivity index (χ3n) is 7.39. The zero-order chi connectivity index (χ0) is 48.7. The Balaban J connectivity index is 0.00000556. The second-order valence-electron chi connectivity index (χ2n) is 11.7. The van der Waals surface area contributed by atoms with Crippen molar-refractivity contribution in [1.82, 2.24) is 15.0 Å². The molecule has 0 aliphatic carbocycles. The molecule has 0 amide bonds. The number of hydrogen-bond acceptors (Lipinski definition) is 26.